The van der Waals surface area contributed by atoms with E-state index in [0.717, 1.165) is 51.4 Å². The lowest BCUT2D eigenvalue weighted by Crippen LogP contribution is -2.37. The number of carbonyl (C=O) groups excluding carboxylic acids is 2. The van der Waals surface area contributed by atoms with Crippen molar-refractivity contribution in [2.45, 2.75) is 360 Å². The topological polar surface area (TPSA) is 108 Å². The maximum absolute atomic E-state index is 12.8. The van der Waals surface area contributed by atoms with E-state index in [9.17, 15) is 19.0 Å². The van der Waals surface area contributed by atoms with Crippen LogP contribution < -0.4 is 0 Å². The van der Waals surface area contributed by atoms with Gasteiger partial charge in [-0.25, -0.2) is 4.57 Å². The predicted octanol–water partition coefficient (Wildman–Crippen LogP) is 22.1. The number of quaternary nitrogens is 1. The quantitative estimate of drug-likeness (QED) is 0.0211. The van der Waals surface area contributed by atoms with E-state index >= 15 is 0 Å². The Morgan fingerprint density at radius 1 is 0.392 bits per heavy atom. The van der Waals surface area contributed by atoms with Gasteiger partial charge >= 0.3 is 19.8 Å². The molecule has 0 saturated carbocycles. The van der Waals surface area contributed by atoms with Crippen LogP contribution in [0, 0.1) is 0 Å². The third kappa shape index (κ3) is 65.5. The largest absolute Gasteiger partial charge is 0.472 e. The molecule has 468 valence electrons. The molecule has 0 aliphatic rings. The molecular formula is C69H135NO8P+. The van der Waals surface area contributed by atoms with E-state index in [-0.39, 0.29) is 25.6 Å². The number of hydrogen-bond donors (Lipinski definition) is 1. The highest BCUT2D eigenvalue weighted by atomic mass is 31.2. The molecule has 0 saturated heterocycles. The monoisotopic (exact) mass is 1140 g/mol. The molecule has 2 unspecified atom stereocenters. The Bertz CT molecular complexity index is 1380. The average Bonchev–Trinajstić information content (AvgIpc) is 3.41. The number of unbranched alkanes of at least 4 members (excludes halogenated alkanes) is 47. The van der Waals surface area contributed by atoms with Crippen LogP contribution in [0.25, 0.3) is 0 Å². The van der Waals surface area contributed by atoms with Gasteiger partial charge in [0.05, 0.1) is 27.7 Å². The van der Waals surface area contributed by atoms with Crippen molar-refractivity contribution in [2.24, 2.45) is 0 Å². The summed E-state index contributed by atoms with van der Waals surface area (Å²) in [7, 11) is 1.49. The molecule has 0 aromatic carbocycles. The van der Waals surface area contributed by atoms with E-state index in [0.29, 0.717) is 23.9 Å². The number of carbonyl (C=O) groups is 2. The van der Waals surface area contributed by atoms with Crippen LogP contribution in [0.5, 0.6) is 0 Å². The molecule has 0 radical (unpaired) electrons. The smallest absolute Gasteiger partial charge is 0.462 e. The molecule has 1 N–H and O–H groups in total. The lowest BCUT2D eigenvalue weighted by molar-refractivity contribution is -0.870. The van der Waals surface area contributed by atoms with Gasteiger partial charge in [0.15, 0.2) is 6.10 Å². The van der Waals surface area contributed by atoms with Gasteiger partial charge < -0.3 is 18.9 Å². The van der Waals surface area contributed by atoms with Crippen molar-refractivity contribution in [3.8, 4) is 0 Å². The number of likely N-dealkylation sites (N-methyl/N-ethyl adjacent to an activating group) is 1. The molecule has 79 heavy (non-hydrogen) atoms. The van der Waals surface area contributed by atoms with Gasteiger partial charge in [-0.1, -0.05) is 321 Å². The summed E-state index contributed by atoms with van der Waals surface area (Å²) in [6.45, 7) is 4.47. The van der Waals surface area contributed by atoms with Crippen molar-refractivity contribution < 1.29 is 42.1 Å². The Morgan fingerprint density at radius 2 is 0.684 bits per heavy atom. The standard InChI is InChI=1S/C69H134NO8P/c1-6-8-10-12-14-16-18-20-22-24-26-27-28-29-30-31-32-33-34-35-36-37-38-39-40-41-42-43-44-46-47-49-51-53-55-57-59-61-68(71)75-65-67(66-77-79(73,74)76-64-63-70(3,4)5)78-69(72)62-60-58-56-54-52-50-48-45-25-23-21-19-17-15-13-11-9-7-2/h17,19,23,25,67H,6-16,18,20-22,24,26-66H2,1-5H3/p+1/b19-17-,25-23-. The van der Waals surface area contributed by atoms with Gasteiger partial charge in [-0.2, -0.15) is 0 Å². The van der Waals surface area contributed by atoms with Crippen LogP contribution in [-0.4, -0.2) is 74.9 Å². The Balaban J connectivity index is 3.89. The van der Waals surface area contributed by atoms with Gasteiger partial charge in [-0.3, -0.25) is 18.6 Å². The molecule has 0 rings (SSSR count). The van der Waals surface area contributed by atoms with Crippen molar-refractivity contribution >= 4 is 19.8 Å². The van der Waals surface area contributed by atoms with Crippen molar-refractivity contribution in [2.75, 3.05) is 47.5 Å². The Labute approximate surface area is 491 Å². The van der Waals surface area contributed by atoms with Gasteiger partial charge in [-0.15, -0.1) is 0 Å². The number of phosphoric acid groups is 1. The molecule has 0 amide bonds. The lowest BCUT2D eigenvalue weighted by Gasteiger charge is -2.24. The molecule has 0 spiro atoms. The number of ether oxygens (including phenoxy) is 2. The summed E-state index contributed by atoms with van der Waals surface area (Å²) < 4.78 is 34.6. The highest BCUT2D eigenvalue weighted by Crippen LogP contribution is 2.43. The minimum absolute atomic E-state index is 0.0325. The second kappa shape index (κ2) is 61.1. The van der Waals surface area contributed by atoms with Crippen LogP contribution in [0.4, 0.5) is 0 Å². The van der Waals surface area contributed by atoms with Crippen molar-refractivity contribution in [3.63, 3.8) is 0 Å². The van der Waals surface area contributed by atoms with Gasteiger partial charge in [0.1, 0.15) is 19.8 Å². The SMILES string of the molecule is CCCCCC/C=C\C/C=C\CCCCCCCCCC(=O)OC(COC(=O)CCCCCCCCCCCCCCCCCCCCCCCCCCCCCCCCCCCCCCC)COP(=O)(O)OCC[N+](C)(C)C. The normalized spacial score (nSPS) is 13.2. The molecule has 0 fully saturated rings. The predicted molar refractivity (Wildman–Crippen MR) is 340 cm³/mol. The van der Waals surface area contributed by atoms with Gasteiger partial charge in [0, 0.05) is 12.8 Å². The third-order valence-corrected chi connectivity index (χ3v) is 16.7. The second-order valence-corrected chi connectivity index (χ2v) is 26.4. The molecule has 10 heteroatoms. The highest BCUT2D eigenvalue weighted by molar-refractivity contribution is 7.47. The Hall–Kier alpha value is -1.51. The zero-order valence-corrected chi connectivity index (χ0v) is 54.3. The minimum Gasteiger partial charge on any atom is -0.462 e. The molecule has 0 aromatic rings. The molecule has 0 aromatic heterocycles. The van der Waals surface area contributed by atoms with Gasteiger partial charge in [-0.05, 0) is 44.9 Å². The second-order valence-electron chi connectivity index (χ2n) is 24.9. The zero-order chi connectivity index (χ0) is 57.7. The van der Waals surface area contributed by atoms with Crippen molar-refractivity contribution in [1.82, 2.24) is 0 Å². The third-order valence-electron chi connectivity index (χ3n) is 15.7. The van der Waals surface area contributed by atoms with Crippen LogP contribution >= 0.6 is 7.82 Å². The Kier molecular flexibility index (Phi) is 59.9. The maximum Gasteiger partial charge on any atom is 0.472 e. The van der Waals surface area contributed by atoms with Gasteiger partial charge in [0.2, 0.25) is 0 Å². The number of allylic oxidation sites excluding steroid dienone is 4. The number of rotatable bonds is 65. The fourth-order valence-corrected chi connectivity index (χ4v) is 11.1. The summed E-state index contributed by atoms with van der Waals surface area (Å²) in [4.78, 5) is 35.8. The molecule has 9 nitrogen and oxygen atoms in total. The first-order valence-corrected chi connectivity index (χ1v) is 36.1. The lowest BCUT2D eigenvalue weighted by atomic mass is 10.0. The summed E-state index contributed by atoms with van der Waals surface area (Å²) >= 11 is 0. The van der Waals surface area contributed by atoms with Crippen molar-refractivity contribution in [1.29, 1.82) is 0 Å². The van der Waals surface area contributed by atoms with Crippen LogP contribution in [0.3, 0.4) is 0 Å². The van der Waals surface area contributed by atoms with Crippen LogP contribution in [0.1, 0.15) is 354 Å². The first-order chi connectivity index (χ1) is 38.5. The fraction of sp³-hybridized carbons (Fsp3) is 0.913. The molecule has 0 aliphatic heterocycles. The summed E-state index contributed by atoms with van der Waals surface area (Å²) in [6, 6.07) is 0. The van der Waals surface area contributed by atoms with E-state index < -0.39 is 26.5 Å². The van der Waals surface area contributed by atoms with Gasteiger partial charge in [0.25, 0.3) is 0 Å². The molecule has 2 atom stereocenters. The number of hydrogen-bond acceptors (Lipinski definition) is 7. The van der Waals surface area contributed by atoms with E-state index in [1.807, 2.05) is 21.1 Å². The number of nitrogens with zero attached hydrogens (tertiary/aromatic N) is 1. The first-order valence-electron chi connectivity index (χ1n) is 34.6. The van der Waals surface area contributed by atoms with E-state index in [1.54, 1.807) is 0 Å². The number of esters is 2. The van der Waals surface area contributed by atoms with Crippen LogP contribution in [-0.2, 0) is 32.7 Å². The van der Waals surface area contributed by atoms with Crippen LogP contribution in [0.2, 0.25) is 0 Å². The molecular weight excluding hydrogens is 1000 g/mol. The zero-order valence-electron chi connectivity index (χ0n) is 53.4. The van der Waals surface area contributed by atoms with E-state index in [4.69, 9.17) is 18.5 Å². The van der Waals surface area contributed by atoms with Crippen molar-refractivity contribution in [3.05, 3.63) is 24.3 Å². The average molecular weight is 1140 g/mol. The Morgan fingerprint density at radius 3 is 1.01 bits per heavy atom. The maximum atomic E-state index is 12.8. The van der Waals surface area contributed by atoms with Crippen LogP contribution in [0.15, 0.2) is 24.3 Å². The number of phosphoric ester groups is 1. The molecule has 0 bridgehead atoms. The summed E-state index contributed by atoms with van der Waals surface area (Å²) in [5.74, 6) is -0.788. The first kappa shape index (κ1) is 77.5. The summed E-state index contributed by atoms with van der Waals surface area (Å²) in [5, 5.41) is 0. The molecule has 0 aliphatic carbocycles. The summed E-state index contributed by atoms with van der Waals surface area (Å²) in [6.07, 6.45) is 75.9. The minimum atomic E-state index is -4.39. The molecule has 0 heterocycles. The summed E-state index contributed by atoms with van der Waals surface area (Å²) in [5.41, 5.74) is 0. The van der Waals surface area contributed by atoms with E-state index in [1.165, 1.54) is 270 Å². The highest BCUT2D eigenvalue weighted by Gasteiger charge is 2.27. The van der Waals surface area contributed by atoms with E-state index in [2.05, 4.69) is 38.2 Å². The fourth-order valence-electron chi connectivity index (χ4n) is 10.4.